The van der Waals surface area contributed by atoms with Crippen LogP contribution in [0.15, 0.2) is 28.7 Å². The fourth-order valence-corrected chi connectivity index (χ4v) is 2.33. The van der Waals surface area contributed by atoms with Gasteiger partial charge in [0, 0.05) is 17.1 Å². The van der Waals surface area contributed by atoms with Gasteiger partial charge in [-0.15, -0.1) is 0 Å². The van der Waals surface area contributed by atoms with Crippen LogP contribution in [0, 0.1) is 0 Å². The number of nitrogens with zero attached hydrogens (tertiary/aromatic N) is 2. The molecule has 2 aromatic rings. The predicted molar refractivity (Wildman–Crippen MR) is 68.3 cm³/mol. The van der Waals surface area contributed by atoms with Gasteiger partial charge in [0.1, 0.15) is 5.02 Å². The van der Waals surface area contributed by atoms with Gasteiger partial charge in [0.25, 0.3) is 0 Å². The van der Waals surface area contributed by atoms with E-state index in [1.54, 1.807) is 7.05 Å². The van der Waals surface area contributed by atoms with Crippen molar-refractivity contribution in [2.24, 2.45) is 7.05 Å². The van der Waals surface area contributed by atoms with Crippen LogP contribution in [0.2, 0.25) is 5.02 Å². The summed E-state index contributed by atoms with van der Waals surface area (Å²) < 4.78 is 2.36. The average molecular weight is 316 g/mol. The first kappa shape index (κ1) is 12.1. The number of hydrogen-bond acceptors (Lipinski definition) is 2. The number of aromatic carboxylic acids is 1. The third-order valence-electron chi connectivity index (χ3n) is 2.29. The maximum Gasteiger partial charge on any atom is 0.358 e. The molecule has 0 amide bonds. The second-order valence-electron chi connectivity index (χ2n) is 3.45. The van der Waals surface area contributed by atoms with E-state index in [9.17, 15) is 4.79 Å². The zero-order valence-electron chi connectivity index (χ0n) is 8.82. The van der Waals surface area contributed by atoms with Crippen LogP contribution in [0.1, 0.15) is 10.5 Å². The Balaban J connectivity index is 2.64. The summed E-state index contributed by atoms with van der Waals surface area (Å²) in [5.41, 5.74) is 1.27. The molecular weight excluding hydrogens is 307 g/mol. The molecule has 0 unspecified atom stereocenters. The molecule has 17 heavy (non-hydrogen) atoms. The highest BCUT2D eigenvalue weighted by Crippen LogP contribution is 2.31. The molecule has 0 fully saturated rings. The molecule has 6 heteroatoms. The Labute approximate surface area is 111 Å². The Morgan fingerprint density at radius 2 is 2.24 bits per heavy atom. The highest BCUT2D eigenvalue weighted by atomic mass is 79.9. The van der Waals surface area contributed by atoms with E-state index in [2.05, 4.69) is 21.0 Å². The Bertz CT molecular complexity index is 595. The molecule has 1 aromatic heterocycles. The number of halogens is 2. The second kappa shape index (κ2) is 4.50. The molecule has 1 heterocycles. The summed E-state index contributed by atoms with van der Waals surface area (Å²) >= 11 is 9.39. The van der Waals surface area contributed by atoms with E-state index in [4.69, 9.17) is 16.7 Å². The van der Waals surface area contributed by atoms with Crippen LogP contribution in [0.3, 0.4) is 0 Å². The molecule has 2 rings (SSSR count). The molecule has 88 valence electrons. The third kappa shape index (κ3) is 2.21. The van der Waals surface area contributed by atoms with Crippen LogP contribution in [0.4, 0.5) is 0 Å². The van der Waals surface area contributed by atoms with Gasteiger partial charge >= 0.3 is 5.97 Å². The topological polar surface area (TPSA) is 55.1 Å². The number of aromatic nitrogens is 2. The van der Waals surface area contributed by atoms with Crippen LogP contribution in [-0.2, 0) is 7.05 Å². The molecule has 0 radical (unpaired) electrons. The summed E-state index contributed by atoms with van der Waals surface area (Å²) in [6.07, 6.45) is 0. The van der Waals surface area contributed by atoms with Gasteiger partial charge in [-0.05, 0) is 12.1 Å². The number of rotatable bonds is 2. The number of carboxylic acids is 1. The van der Waals surface area contributed by atoms with Crippen molar-refractivity contribution in [3.05, 3.63) is 39.5 Å². The second-order valence-corrected chi connectivity index (χ2v) is 4.74. The highest BCUT2D eigenvalue weighted by molar-refractivity contribution is 9.10. The molecule has 0 saturated heterocycles. The lowest BCUT2D eigenvalue weighted by molar-refractivity contribution is 0.0690. The molecule has 0 aliphatic carbocycles. The van der Waals surface area contributed by atoms with Gasteiger partial charge in [-0.25, -0.2) is 4.79 Å². The Morgan fingerprint density at radius 3 is 2.76 bits per heavy atom. The van der Waals surface area contributed by atoms with Gasteiger partial charge in [0.15, 0.2) is 5.69 Å². The van der Waals surface area contributed by atoms with Crippen molar-refractivity contribution in [2.75, 3.05) is 0 Å². The highest BCUT2D eigenvalue weighted by Gasteiger charge is 2.20. The lowest BCUT2D eigenvalue weighted by atomic mass is 10.1. The van der Waals surface area contributed by atoms with Gasteiger partial charge in [-0.2, -0.15) is 5.10 Å². The molecule has 1 aromatic carbocycles. The summed E-state index contributed by atoms with van der Waals surface area (Å²) in [4.78, 5) is 10.9. The summed E-state index contributed by atoms with van der Waals surface area (Å²) in [6.45, 7) is 0. The van der Waals surface area contributed by atoms with Crippen LogP contribution in [0.5, 0.6) is 0 Å². The van der Waals surface area contributed by atoms with E-state index < -0.39 is 5.97 Å². The fraction of sp³-hybridized carbons (Fsp3) is 0.0909. The van der Waals surface area contributed by atoms with Gasteiger partial charge in [0.2, 0.25) is 0 Å². The number of hydrogen-bond donors (Lipinski definition) is 1. The van der Waals surface area contributed by atoms with E-state index in [-0.39, 0.29) is 10.7 Å². The SMILES string of the molecule is Cn1nc(C(=O)O)c(Cl)c1-c1cccc(Br)c1. The van der Waals surface area contributed by atoms with Crippen molar-refractivity contribution in [2.45, 2.75) is 0 Å². The number of carboxylic acid groups (broad SMARTS) is 1. The summed E-state index contributed by atoms with van der Waals surface area (Å²) in [5, 5.41) is 13.0. The van der Waals surface area contributed by atoms with Crippen molar-refractivity contribution < 1.29 is 9.90 Å². The van der Waals surface area contributed by atoms with Crippen molar-refractivity contribution in [1.29, 1.82) is 0 Å². The van der Waals surface area contributed by atoms with E-state index >= 15 is 0 Å². The minimum Gasteiger partial charge on any atom is -0.476 e. The Hall–Kier alpha value is -1.33. The maximum absolute atomic E-state index is 10.9. The standard InChI is InChI=1S/C11H8BrClN2O2/c1-15-10(6-3-2-4-7(12)5-6)8(13)9(14-15)11(16)17/h2-5H,1H3,(H,16,17). The maximum atomic E-state index is 10.9. The molecule has 0 atom stereocenters. The van der Waals surface area contributed by atoms with Gasteiger partial charge in [-0.3, -0.25) is 4.68 Å². The number of carbonyl (C=O) groups is 1. The Kier molecular flexibility index (Phi) is 3.22. The summed E-state index contributed by atoms with van der Waals surface area (Å²) in [7, 11) is 1.66. The lowest BCUT2D eigenvalue weighted by Crippen LogP contribution is -1.99. The van der Waals surface area contributed by atoms with E-state index in [1.807, 2.05) is 24.3 Å². The van der Waals surface area contributed by atoms with Crippen molar-refractivity contribution in [1.82, 2.24) is 9.78 Å². The lowest BCUT2D eigenvalue weighted by Gasteiger charge is -2.03. The molecule has 4 nitrogen and oxygen atoms in total. The van der Waals surface area contributed by atoms with Crippen LogP contribution in [-0.4, -0.2) is 20.9 Å². The molecule has 0 spiro atoms. The Morgan fingerprint density at radius 1 is 1.53 bits per heavy atom. The largest absolute Gasteiger partial charge is 0.476 e. The predicted octanol–water partition coefficient (Wildman–Crippen LogP) is 3.20. The first-order chi connectivity index (χ1) is 8.00. The molecule has 0 bridgehead atoms. The molecular formula is C11H8BrClN2O2. The first-order valence-corrected chi connectivity index (χ1v) is 5.89. The zero-order valence-corrected chi connectivity index (χ0v) is 11.2. The van der Waals surface area contributed by atoms with E-state index in [1.165, 1.54) is 4.68 Å². The van der Waals surface area contributed by atoms with Crippen molar-refractivity contribution in [3.63, 3.8) is 0 Å². The molecule has 0 aliphatic heterocycles. The molecule has 1 N–H and O–H groups in total. The molecule has 0 aliphatic rings. The summed E-state index contributed by atoms with van der Waals surface area (Å²) in [5.74, 6) is -1.13. The first-order valence-electron chi connectivity index (χ1n) is 4.72. The fourth-order valence-electron chi connectivity index (χ4n) is 1.58. The molecule has 0 saturated carbocycles. The van der Waals surface area contributed by atoms with Gasteiger partial charge in [-0.1, -0.05) is 39.7 Å². The number of benzene rings is 1. The summed E-state index contributed by atoms with van der Waals surface area (Å²) in [6, 6.07) is 7.43. The minimum atomic E-state index is -1.13. The minimum absolute atomic E-state index is 0.135. The van der Waals surface area contributed by atoms with Crippen molar-refractivity contribution in [3.8, 4) is 11.3 Å². The average Bonchev–Trinajstić information content (AvgIpc) is 2.54. The monoisotopic (exact) mass is 314 g/mol. The number of aryl methyl sites for hydroxylation is 1. The van der Waals surface area contributed by atoms with Gasteiger partial charge < -0.3 is 5.11 Å². The third-order valence-corrected chi connectivity index (χ3v) is 3.14. The quantitative estimate of drug-likeness (QED) is 0.926. The van der Waals surface area contributed by atoms with E-state index in [0.29, 0.717) is 5.69 Å². The van der Waals surface area contributed by atoms with Crippen LogP contribution < -0.4 is 0 Å². The van der Waals surface area contributed by atoms with E-state index in [0.717, 1.165) is 10.0 Å². The zero-order chi connectivity index (χ0) is 12.6. The van der Waals surface area contributed by atoms with Crippen LogP contribution >= 0.6 is 27.5 Å². The van der Waals surface area contributed by atoms with Crippen molar-refractivity contribution >= 4 is 33.5 Å². The van der Waals surface area contributed by atoms with Crippen LogP contribution in [0.25, 0.3) is 11.3 Å². The van der Waals surface area contributed by atoms with Gasteiger partial charge in [0.05, 0.1) is 5.69 Å². The normalized spacial score (nSPS) is 10.5. The smallest absolute Gasteiger partial charge is 0.358 e.